The maximum atomic E-state index is 15.1. The van der Waals surface area contributed by atoms with Gasteiger partial charge in [0.25, 0.3) is 0 Å². The minimum Gasteiger partial charge on any atom is -0.477 e. The molecule has 1 saturated carbocycles. The first-order valence-corrected chi connectivity index (χ1v) is 9.32. The third-order valence-corrected chi connectivity index (χ3v) is 6.21. The molecular weight excluding hydrogens is 368 g/mol. The van der Waals surface area contributed by atoms with Crippen LogP contribution in [0.5, 0.6) is 0 Å². The summed E-state index contributed by atoms with van der Waals surface area (Å²) < 4.78 is 30.4. The topological polar surface area (TPSA) is 88.6 Å². The molecule has 1 aromatic heterocycles. The van der Waals surface area contributed by atoms with Gasteiger partial charge in [0.15, 0.2) is 0 Å². The minimum absolute atomic E-state index is 0.0412. The van der Waals surface area contributed by atoms with Gasteiger partial charge in [-0.15, -0.1) is 0 Å². The van der Waals surface area contributed by atoms with E-state index in [4.69, 9.17) is 5.73 Å². The quantitative estimate of drug-likeness (QED) is 0.840. The number of fused-ring (bicyclic) bond motifs is 1. The van der Waals surface area contributed by atoms with Crippen molar-refractivity contribution in [2.45, 2.75) is 44.9 Å². The van der Waals surface area contributed by atoms with Crippen LogP contribution in [-0.4, -0.2) is 40.4 Å². The fraction of sp³-hybridized carbons (Fsp3) is 0.500. The second kappa shape index (κ2) is 6.01. The zero-order valence-electron chi connectivity index (χ0n) is 16.0. The van der Waals surface area contributed by atoms with Gasteiger partial charge in [-0.1, -0.05) is 6.92 Å². The fourth-order valence-electron chi connectivity index (χ4n) is 4.25. The molecule has 28 heavy (non-hydrogen) atoms. The molecule has 0 amide bonds. The highest BCUT2D eigenvalue weighted by molar-refractivity contribution is 5.95. The van der Waals surface area contributed by atoms with Crippen molar-refractivity contribution in [3.63, 3.8) is 0 Å². The lowest BCUT2D eigenvalue weighted by Gasteiger charge is -2.26. The molecule has 1 aliphatic carbocycles. The lowest BCUT2D eigenvalue weighted by molar-refractivity contribution is 0.0694. The van der Waals surface area contributed by atoms with Gasteiger partial charge in [0.1, 0.15) is 17.6 Å². The minimum atomic E-state index is -1.41. The molecule has 2 aromatic rings. The number of pyridine rings is 1. The zero-order valence-corrected chi connectivity index (χ0v) is 16.0. The van der Waals surface area contributed by atoms with E-state index in [1.807, 2.05) is 18.7 Å². The number of nitrogens with two attached hydrogens (primary N) is 1. The van der Waals surface area contributed by atoms with E-state index in [-0.39, 0.29) is 17.7 Å². The van der Waals surface area contributed by atoms with E-state index in [1.54, 1.807) is 6.92 Å². The van der Waals surface area contributed by atoms with Gasteiger partial charge >= 0.3 is 5.97 Å². The first-order valence-electron chi connectivity index (χ1n) is 9.32. The van der Waals surface area contributed by atoms with Crippen LogP contribution < -0.4 is 16.1 Å². The number of hydrogen-bond acceptors (Lipinski definition) is 4. The number of rotatable bonds is 3. The summed E-state index contributed by atoms with van der Waals surface area (Å²) in [6, 6.07) is 0.533. The van der Waals surface area contributed by atoms with Gasteiger partial charge < -0.3 is 20.3 Å². The van der Waals surface area contributed by atoms with Crippen molar-refractivity contribution in [2.75, 3.05) is 18.0 Å². The van der Waals surface area contributed by atoms with Crippen LogP contribution in [0.3, 0.4) is 0 Å². The summed E-state index contributed by atoms with van der Waals surface area (Å²) in [4.78, 5) is 26.0. The summed E-state index contributed by atoms with van der Waals surface area (Å²) in [6.45, 7) is 6.61. The first-order chi connectivity index (χ1) is 13.0. The number of carboxylic acid groups (broad SMARTS) is 1. The summed E-state index contributed by atoms with van der Waals surface area (Å²) in [6.07, 6.45) is 0.315. The Morgan fingerprint density at radius 3 is 2.57 bits per heavy atom. The summed E-state index contributed by atoms with van der Waals surface area (Å²) in [7, 11) is 0. The summed E-state index contributed by atoms with van der Waals surface area (Å²) in [5.41, 5.74) is 5.79. The van der Waals surface area contributed by atoms with Crippen LogP contribution in [-0.2, 0) is 0 Å². The lowest BCUT2D eigenvalue weighted by Crippen LogP contribution is -2.43. The molecule has 1 aliphatic heterocycles. The molecule has 8 heteroatoms. The second-order valence-electron chi connectivity index (χ2n) is 8.42. The Balaban J connectivity index is 1.99. The van der Waals surface area contributed by atoms with Crippen LogP contribution in [0.4, 0.5) is 14.5 Å². The third-order valence-electron chi connectivity index (χ3n) is 6.21. The molecule has 0 radical (unpaired) electrons. The van der Waals surface area contributed by atoms with Crippen LogP contribution >= 0.6 is 0 Å². The highest BCUT2D eigenvalue weighted by Crippen LogP contribution is 2.43. The van der Waals surface area contributed by atoms with Gasteiger partial charge in [0, 0.05) is 36.6 Å². The maximum Gasteiger partial charge on any atom is 0.341 e. The van der Waals surface area contributed by atoms with Crippen LogP contribution in [0.25, 0.3) is 10.9 Å². The average Bonchev–Trinajstić information content (AvgIpc) is 3.24. The molecule has 4 atom stereocenters. The zero-order chi connectivity index (χ0) is 20.5. The number of halogens is 2. The van der Waals surface area contributed by atoms with Crippen molar-refractivity contribution in [2.24, 2.45) is 11.7 Å². The molecular formula is C20H23F2N3O3. The molecule has 0 bridgehead atoms. The van der Waals surface area contributed by atoms with Crippen molar-refractivity contribution in [3.05, 3.63) is 39.4 Å². The van der Waals surface area contributed by atoms with Gasteiger partial charge in [-0.25, -0.2) is 13.6 Å². The fourth-order valence-corrected chi connectivity index (χ4v) is 4.25. The molecule has 150 valence electrons. The Morgan fingerprint density at radius 2 is 2.07 bits per heavy atom. The van der Waals surface area contributed by atoms with E-state index in [1.165, 1.54) is 10.8 Å². The SMILES string of the molecule is Cc1c(N2CC(C)C(C)(N)C2)c(F)cc2c(=O)c(C(=O)O)cn(C3CC3F)c12. The molecule has 3 N–H and O–H groups in total. The number of carboxylic acids is 1. The summed E-state index contributed by atoms with van der Waals surface area (Å²) in [5.74, 6) is -1.88. The van der Waals surface area contributed by atoms with Gasteiger partial charge in [-0.3, -0.25) is 4.79 Å². The van der Waals surface area contributed by atoms with Gasteiger partial charge in [-0.05, 0) is 31.4 Å². The Bertz CT molecular complexity index is 1060. The monoisotopic (exact) mass is 391 g/mol. The number of hydrogen-bond donors (Lipinski definition) is 2. The van der Waals surface area contributed by atoms with E-state index >= 15 is 4.39 Å². The maximum absolute atomic E-state index is 15.1. The molecule has 2 heterocycles. The first kappa shape index (κ1) is 18.9. The van der Waals surface area contributed by atoms with E-state index in [2.05, 4.69) is 0 Å². The predicted octanol–water partition coefficient (Wildman–Crippen LogP) is 2.60. The average molecular weight is 391 g/mol. The van der Waals surface area contributed by atoms with Crippen LogP contribution in [0.2, 0.25) is 0 Å². The highest BCUT2D eigenvalue weighted by atomic mass is 19.1. The predicted molar refractivity (Wildman–Crippen MR) is 102 cm³/mol. The Labute approximate surface area is 160 Å². The number of aryl methyl sites for hydroxylation is 1. The number of nitrogens with zero attached hydrogens (tertiary/aromatic N) is 2. The Hall–Kier alpha value is -2.48. The van der Waals surface area contributed by atoms with Crippen LogP contribution in [0.15, 0.2) is 17.1 Å². The number of alkyl halides is 1. The number of benzene rings is 1. The van der Waals surface area contributed by atoms with E-state index < -0.39 is 40.5 Å². The Morgan fingerprint density at radius 1 is 1.43 bits per heavy atom. The molecule has 1 saturated heterocycles. The van der Waals surface area contributed by atoms with Crippen molar-refractivity contribution < 1.29 is 18.7 Å². The molecule has 1 aromatic carbocycles. The molecule has 4 rings (SSSR count). The molecule has 6 nitrogen and oxygen atoms in total. The number of anilines is 1. The van der Waals surface area contributed by atoms with Crippen LogP contribution in [0, 0.1) is 18.7 Å². The van der Waals surface area contributed by atoms with Crippen LogP contribution in [0.1, 0.15) is 42.2 Å². The third kappa shape index (κ3) is 2.70. The standard InChI is InChI=1S/C20H23F2N3O3/c1-9-6-24(8-20(9,3)23)17-10(2)16-11(4-14(17)22)18(26)12(19(27)28)7-25(16)15-5-13(15)21/h4,7,9,13,15H,5-6,8,23H2,1-3H3,(H,27,28). The van der Waals surface area contributed by atoms with E-state index in [0.717, 1.165) is 6.07 Å². The van der Waals surface area contributed by atoms with E-state index in [9.17, 15) is 19.1 Å². The number of aromatic nitrogens is 1. The number of aromatic carboxylic acids is 1. The lowest BCUT2D eigenvalue weighted by atomic mass is 9.92. The highest BCUT2D eigenvalue weighted by Gasteiger charge is 2.42. The van der Waals surface area contributed by atoms with Crippen molar-refractivity contribution in [1.29, 1.82) is 0 Å². The number of carbonyl (C=O) groups is 1. The van der Waals surface area contributed by atoms with E-state index in [0.29, 0.717) is 29.9 Å². The summed E-state index contributed by atoms with van der Waals surface area (Å²) >= 11 is 0. The Kier molecular flexibility index (Phi) is 4.05. The van der Waals surface area contributed by atoms with Gasteiger partial charge in [0.05, 0.1) is 17.2 Å². The molecule has 4 unspecified atom stereocenters. The van der Waals surface area contributed by atoms with Crippen molar-refractivity contribution >= 4 is 22.6 Å². The van der Waals surface area contributed by atoms with Gasteiger partial charge in [-0.2, -0.15) is 0 Å². The van der Waals surface area contributed by atoms with Gasteiger partial charge in [0.2, 0.25) is 5.43 Å². The largest absolute Gasteiger partial charge is 0.477 e. The molecule has 0 spiro atoms. The second-order valence-corrected chi connectivity index (χ2v) is 8.42. The van der Waals surface area contributed by atoms with Crippen molar-refractivity contribution in [1.82, 2.24) is 4.57 Å². The normalized spacial score (nSPS) is 29.5. The summed E-state index contributed by atoms with van der Waals surface area (Å²) in [5, 5.41) is 9.31. The smallest absolute Gasteiger partial charge is 0.341 e. The molecule has 2 aliphatic rings. The van der Waals surface area contributed by atoms with Crippen molar-refractivity contribution in [3.8, 4) is 0 Å². The molecule has 2 fully saturated rings.